The van der Waals surface area contributed by atoms with Crippen molar-refractivity contribution in [3.8, 4) is 0 Å². The lowest BCUT2D eigenvalue weighted by molar-refractivity contribution is 0.144. The van der Waals surface area contributed by atoms with E-state index in [-0.39, 0.29) is 0 Å². The monoisotopic (exact) mass is 227 g/mol. The molecule has 16 heavy (non-hydrogen) atoms. The minimum atomic E-state index is 0.585. The van der Waals surface area contributed by atoms with Crippen LogP contribution in [0.1, 0.15) is 33.6 Å². The van der Waals surface area contributed by atoms with E-state index < -0.39 is 0 Å². The molecule has 0 spiro atoms. The molecule has 1 rings (SSSR count). The topological polar surface area (TPSA) is 32.5 Å². The molecule has 1 aliphatic heterocycles. The number of rotatable bonds is 6. The number of hydrogen-bond acceptors (Lipinski definition) is 3. The van der Waals surface area contributed by atoms with Crippen LogP contribution in [0.4, 0.5) is 0 Å². The van der Waals surface area contributed by atoms with Gasteiger partial charge >= 0.3 is 0 Å². The molecule has 3 atom stereocenters. The molecule has 0 saturated carbocycles. The van der Waals surface area contributed by atoms with Crippen LogP contribution in [0.2, 0.25) is 0 Å². The van der Waals surface area contributed by atoms with Crippen LogP contribution in [0.15, 0.2) is 0 Å². The summed E-state index contributed by atoms with van der Waals surface area (Å²) in [4.78, 5) is 5.09. The molecule has 0 aromatic rings. The van der Waals surface area contributed by atoms with Gasteiger partial charge in [0, 0.05) is 18.6 Å². The molecular formula is C13H29N3. The molecule has 3 nitrogen and oxygen atoms in total. The molecule has 96 valence electrons. The zero-order valence-electron chi connectivity index (χ0n) is 11.4. The van der Waals surface area contributed by atoms with Crippen LogP contribution in [-0.4, -0.2) is 55.1 Å². The van der Waals surface area contributed by atoms with E-state index >= 15 is 0 Å². The van der Waals surface area contributed by atoms with Gasteiger partial charge in [-0.05, 0) is 52.4 Å². The van der Waals surface area contributed by atoms with Crippen LogP contribution in [0.5, 0.6) is 0 Å². The fraction of sp³-hybridized carbons (Fsp3) is 1.00. The average Bonchev–Trinajstić information content (AvgIpc) is 2.74. The van der Waals surface area contributed by atoms with Gasteiger partial charge in [-0.15, -0.1) is 0 Å². The molecule has 3 heteroatoms. The van der Waals surface area contributed by atoms with E-state index in [0.29, 0.717) is 12.0 Å². The van der Waals surface area contributed by atoms with Gasteiger partial charge in [0.25, 0.3) is 0 Å². The van der Waals surface area contributed by atoms with E-state index in [1.54, 1.807) is 0 Å². The molecule has 3 unspecified atom stereocenters. The summed E-state index contributed by atoms with van der Waals surface area (Å²) in [5, 5.41) is 0. The van der Waals surface area contributed by atoms with Crippen molar-refractivity contribution in [2.45, 2.75) is 45.7 Å². The summed E-state index contributed by atoms with van der Waals surface area (Å²) < 4.78 is 0. The fourth-order valence-electron chi connectivity index (χ4n) is 2.65. The quantitative estimate of drug-likeness (QED) is 0.744. The largest absolute Gasteiger partial charge is 0.330 e. The van der Waals surface area contributed by atoms with Gasteiger partial charge in [-0.2, -0.15) is 0 Å². The van der Waals surface area contributed by atoms with Crippen molar-refractivity contribution in [2.75, 3.05) is 33.2 Å². The van der Waals surface area contributed by atoms with E-state index in [1.807, 2.05) is 0 Å². The zero-order chi connectivity index (χ0) is 12.1. The van der Waals surface area contributed by atoms with Crippen molar-refractivity contribution in [1.82, 2.24) is 9.80 Å². The van der Waals surface area contributed by atoms with E-state index in [0.717, 1.165) is 12.6 Å². The third kappa shape index (κ3) is 3.44. The van der Waals surface area contributed by atoms with Gasteiger partial charge in [-0.1, -0.05) is 13.8 Å². The molecule has 0 aromatic carbocycles. The predicted molar refractivity (Wildman–Crippen MR) is 70.6 cm³/mol. The van der Waals surface area contributed by atoms with Gasteiger partial charge in [0.1, 0.15) is 0 Å². The maximum Gasteiger partial charge on any atom is 0.0223 e. The maximum atomic E-state index is 5.74. The molecule has 1 saturated heterocycles. The number of likely N-dealkylation sites (N-methyl/N-ethyl adjacent to an activating group) is 2. The first kappa shape index (κ1) is 13.9. The van der Waals surface area contributed by atoms with Gasteiger partial charge in [-0.3, -0.25) is 4.90 Å². The highest BCUT2D eigenvalue weighted by Gasteiger charge is 2.26. The molecule has 0 aliphatic carbocycles. The minimum Gasteiger partial charge on any atom is -0.330 e. The lowest BCUT2D eigenvalue weighted by Gasteiger charge is -2.34. The molecule has 1 aliphatic rings. The average molecular weight is 227 g/mol. The summed E-state index contributed by atoms with van der Waals surface area (Å²) in [6, 6.07) is 1.35. The molecule has 0 amide bonds. The van der Waals surface area contributed by atoms with Crippen LogP contribution in [0, 0.1) is 5.92 Å². The molecule has 1 fully saturated rings. The SMILES string of the molecule is CCN1CCCC1CN(C)C(C)C(C)CN. The van der Waals surface area contributed by atoms with E-state index in [1.165, 1.54) is 32.5 Å². The Morgan fingerprint density at radius 1 is 1.44 bits per heavy atom. The van der Waals surface area contributed by atoms with Crippen LogP contribution in [-0.2, 0) is 0 Å². The second kappa shape index (κ2) is 6.58. The Hall–Kier alpha value is -0.120. The molecule has 1 heterocycles. The Morgan fingerprint density at radius 2 is 2.12 bits per heavy atom. The first-order chi connectivity index (χ1) is 7.60. The Labute approximate surface area is 101 Å². The summed E-state index contributed by atoms with van der Waals surface area (Å²) in [5.41, 5.74) is 5.74. The van der Waals surface area contributed by atoms with Crippen molar-refractivity contribution in [1.29, 1.82) is 0 Å². The minimum absolute atomic E-state index is 0.585. The van der Waals surface area contributed by atoms with E-state index in [9.17, 15) is 0 Å². The molecule has 0 radical (unpaired) electrons. The number of hydrogen-bond donors (Lipinski definition) is 1. The van der Waals surface area contributed by atoms with E-state index in [2.05, 4.69) is 37.6 Å². The normalized spacial score (nSPS) is 26.2. The summed E-state index contributed by atoms with van der Waals surface area (Å²) in [6.07, 6.45) is 2.73. The Balaban J connectivity index is 2.40. The molecule has 2 N–H and O–H groups in total. The second-order valence-electron chi connectivity index (χ2n) is 5.32. The Bertz CT molecular complexity index is 196. The van der Waals surface area contributed by atoms with Gasteiger partial charge in [0.05, 0.1) is 0 Å². The standard InChI is InChI=1S/C13H29N3/c1-5-16-8-6-7-13(16)10-15(4)12(3)11(2)9-14/h11-13H,5-10,14H2,1-4H3. The third-order valence-corrected chi connectivity index (χ3v) is 4.29. The number of likely N-dealkylation sites (tertiary alicyclic amines) is 1. The second-order valence-corrected chi connectivity index (χ2v) is 5.32. The van der Waals surface area contributed by atoms with Gasteiger partial charge in [0.2, 0.25) is 0 Å². The fourth-order valence-corrected chi connectivity index (χ4v) is 2.65. The third-order valence-electron chi connectivity index (χ3n) is 4.29. The Morgan fingerprint density at radius 3 is 2.69 bits per heavy atom. The van der Waals surface area contributed by atoms with Crippen LogP contribution in [0.25, 0.3) is 0 Å². The smallest absolute Gasteiger partial charge is 0.0223 e. The predicted octanol–water partition coefficient (Wildman–Crippen LogP) is 1.39. The zero-order valence-corrected chi connectivity index (χ0v) is 11.4. The summed E-state index contributed by atoms with van der Waals surface area (Å²) in [7, 11) is 2.24. The summed E-state index contributed by atoms with van der Waals surface area (Å²) in [5.74, 6) is 0.585. The van der Waals surface area contributed by atoms with Crippen molar-refractivity contribution in [2.24, 2.45) is 11.7 Å². The highest BCUT2D eigenvalue weighted by Crippen LogP contribution is 2.19. The van der Waals surface area contributed by atoms with Crippen molar-refractivity contribution < 1.29 is 0 Å². The van der Waals surface area contributed by atoms with Crippen LogP contribution < -0.4 is 5.73 Å². The Kier molecular flexibility index (Phi) is 5.73. The van der Waals surface area contributed by atoms with Crippen molar-refractivity contribution in [3.05, 3.63) is 0 Å². The van der Waals surface area contributed by atoms with E-state index in [4.69, 9.17) is 5.73 Å². The van der Waals surface area contributed by atoms with Gasteiger partial charge < -0.3 is 10.6 Å². The van der Waals surface area contributed by atoms with Crippen LogP contribution in [0.3, 0.4) is 0 Å². The highest BCUT2D eigenvalue weighted by atomic mass is 15.2. The van der Waals surface area contributed by atoms with Gasteiger partial charge in [-0.25, -0.2) is 0 Å². The highest BCUT2D eigenvalue weighted by molar-refractivity contribution is 4.82. The number of nitrogens with two attached hydrogens (primary N) is 1. The van der Waals surface area contributed by atoms with Crippen LogP contribution >= 0.6 is 0 Å². The first-order valence-electron chi connectivity index (χ1n) is 6.74. The van der Waals surface area contributed by atoms with Crippen molar-refractivity contribution in [3.63, 3.8) is 0 Å². The van der Waals surface area contributed by atoms with Gasteiger partial charge in [0.15, 0.2) is 0 Å². The lowest BCUT2D eigenvalue weighted by Crippen LogP contribution is -2.45. The number of nitrogens with zero attached hydrogens (tertiary/aromatic N) is 2. The molecule has 0 aromatic heterocycles. The maximum absolute atomic E-state index is 5.74. The molecular weight excluding hydrogens is 198 g/mol. The molecule has 0 bridgehead atoms. The summed E-state index contributed by atoms with van der Waals surface area (Å²) >= 11 is 0. The first-order valence-corrected chi connectivity index (χ1v) is 6.74. The lowest BCUT2D eigenvalue weighted by atomic mass is 10.0. The van der Waals surface area contributed by atoms with Crippen molar-refractivity contribution >= 4 is 0 Å². The summed E-state index contributed by atoms with van der Waals surface area (Å²) in [6.45, 7) is 11.3.